The topological polar surface area (TPSA) is 52.4 Å². The molecule has 5 aromatic carbocycles. The van der Waals surface area contributed by atoms with Crippen molar-refractivity contribution in [2.45, 2.75) is 0 Å². The number of hydrogen-bond donors (Lipinski definition) is 0. The molecule has 0 saturated carbocycles. The molecule has 0 atom stereocenters. The molecule has 0 N–H and O–H groups in total. The normalized spacial score (nSPS) is 12.3. The van der Waals surface area contributed by atoms with Crippen LogP contribution in [0.4, 0.5) is 5.69 Å². The average molecular weight is 568 g/mol. The van der Waals surface area contributed by atoms with Crippen LogP contribution in [0.3, 0.4) is 0 Å². The fourth-order valence-corrected chi connectivity index (χ4v) is 21.1. The van der Waals surface area contributed by atoms with Crippen LogP contribution in [0, 0.1) is 10.1 Å². The van der Waals surface area contributed by atoms with Crippen LogP contribution in [0.1, 0.15) is 0 Å². The first kappa shape index (κ1) is 22.9. The van der Waals surface area contributed by atoms with Gasteiger partial charge in [-0.25, -0.2) is 0 Å². The zero-order chi connectivity index (χ0) is 24.2. The van der Waals surface area contributed by atoms with E-state index in [1.54, 1.807) is 12.1 Å². The maximum absolute atomic E-state index is 11.3. The van der Waals surface area contributed by atoms with E-state index in [-0.39, 0.29) is 5.69 Å². The Morgan fingerprint density at radius 2 is 0.800 bits per heavy atom. The van der Waals surface area contributed by atoms with Gasteiger partial charge >= 0.3 is 207 Å². The van der Waals surface area contributed by atoms with Gasteiger partial charge in [0.1, 0.15) is 0 Å². The Balaban J connectivity index is 1.96. The van der Waals surface area contributed by atoms with Crippen molar-refractivity contribution in [3.05, 3.63) is 156 Å². The number of benzene rings is 5. The minimum absolute atomic E-state index is 0.0324. The van der Waals surface area contributed by atoms with Crippen LogP contribution in [0.5, 0.6) is 5.75 Å². The van der Waals surface area contributed by atoms with Gasteiger partial charge in [-0.2, -0.15) is 0 Å². The fourth-order valence-electron chi connectivity index (χ4n) is 4.79. The van der Waals surface area contributed by atoms with Gasteiger partial charge < -0.3 is 0 Å². The van der Waals surface area contributed by atoms with Crippen molar-refractivity contribution < 1.29 is 7.94 Å². The van der Waals surface area contributed by atoms with Crippen LogP contribution < -0.4 is 17.1 Å². The van der Waals surface area contributed by atoms with Gasteiger partial charge in [0, 0.05) is 0 Å². The third kappa shape index (κ3) is 3.71. The summed E-state index contributed by atoms with van der Waals surface area (Å²) in [4.78, 5) is 10.9. The summed E-state index contributed by atoms with van der Waals surface area (Å²) in [5.41, 5.74) is 0.0324. The second-order valence-corrected chi connectivity index (χ2v) is 20.6. The second kappa shape index (κ2) is 9.40. The molecular formula is C30H24NO3Sb. The van der Waals surface area contributed by atoms with E-state index in [4.69, 9.17) is 3.02 Å². The van der Waals surface area contributed by atoms with Crippen LogP contribution in [0.2, 0.25) is 0 Å². The van der Waals surface area contributed by atoms with Gasteiger partial charge in [0.2, 0.25) is 0 Å². The summed E-state index contributed by atoms with van der Waals surface area (Å²) in [6, 6.07) is 48.1. The molecule has 35 heavy (non-hydrogen) atoms. The van der Waals surface area contributed by atoms with Crippen molar-refractivity contribution in [1.29, 1.82) is 0 Å². The Kier molecular flexibility index (Phi) is 6.15. The maximum atomic E-state index is 11.3. The zero-order valence-electron chi connectivity index (χ0n) is 19.0. The quantitative estimate of drug-likeness (QED) is 0.165. The first-order chi connectivity index (χ1) is 17.1. The molecule has 5 rings (SSSR count). The van der Waals surface area contributed by atoms with E-state index in [2.05, 4.69) is 97.1 Å². The molecule has 4 nitrogen and oxygen atoms in total. The number of nitrogens with zero attached hydrogens (tertiary/aromatic N) is 1. The van der Waals surface area contributed by atoms with E-state index in [1.165, 1.54) is 12.1 Å². The molecule has 0 saturated heterocycles. The molecule has 0 spiro atoms. The molecule has 0 amide bonds. The Morgan fingerprint density at radius 3 is 1.09 bits per heavy atom. The average Bonchev–Trinajstić information content (AvgIpc) is 2.94. The summed E-state index contributed by atoms with van der Waals surface area (Å²) in [5, 5.41) is 11.3. The molecule has 172 valence electrons. The summed E-state index contributed by atoms with van der Waals surface area (Å²) in [6.45, 7) is 0. The molecule has 0 unspecified atom stereocenters. The van der Waals surface area contributed by atoms with Crippen LogP contribution >= 0.6 is 0 Å². The summed E-state index contributed by atoms with van der Waals surface area (Å²) in [5.74, 6) is 0.595. The number of rotatable bonds is 7. The number of nitro benzene ring substituents is 1. The molecule has 0 aliphatic heterocycles. The van der Waals surface area contributed by atoms with Gasteiger partial charge in [-0.3, -0.25) is 0 Å². The predicted molar refractivity (Wildman–Crippen MR) is 144 cm³/mol. The van der Waals surface area contributed by atoms with E-state index in [1.807, 2.05) is 24.3 Å². The molecule has 0 aliphatic carbocycles. The van der Waals surface area contributed by atoms with Gasteiger partial charge in [-0.05, 0) is 0 Å². The molecule has 0 bridgehead atoms. The standard InChI is InChI=1S/C6H5NO3.4C6H5.Sb/c8-6-3-1-5(2-4-6)7(9)10;4*1-2-4-6-5-3-1;/h1-4,8H;4*1-5H;/q;;;;;+1/p-1. The fraction of sp³-hybridized carbons (Fsp3) is 0. The number of hydrogen-bond acceptors (Lipinski definition) is 3. The van der Waals surface area contributed by atoms with Crippen molar-refractivity contribution >= 4 is 37.5 Å². The van der Waals surface area contributed by atoms with Gasteiger partial charge in [0.25, 0.3) is 0 Å². The Morgan fingerprint density at radius 1 is 0.486 bits per heavy atom. The molecular weight excluding hydrogens is 544 g/mol. The second-order valence-electron chi connectivity index (χ2n) is 8.22. The Bertz CT molecular complexity index is 1260. The van der Waals surface area contributed by atoms with Crippen LogP contribution in [0.25, 0.3) is 0 Å². The van der Waals surface area contributed by atoms with Crippen molar-refractivity contribution in [2.75, 3.05) is 0 Å². The van der Waals surface area contributed by atoms with Crippen LogP contribution in [0.15, 0.2) is 146 Å². The van der Waals surface area contributed by atoms with Crippen LogP contribution in [-0.4, -0.2) is 22.7 Å². The molecule has 0 aliphatic rings. The monoisotopic (exact) mass is 567 g/mol. The predicted octanol–water partition coefficient (Wildman–Crippen LogP) is 4.50. The summed E-state index contributed by atoms with van der Waals surface area (Å²) in [6.07, 6.45) is 0. The van der Waals surface area contributed by atoms with E-state index < -0.39 is 22.7 Å². The third-order valence-corrected chi connectivity index (χ3v) is 22.6. The van der Waals surface area contributed by atoms with Crippen molar-refractivity contribution in [3.63, 3.8) is 0 Å². The molecule has 0 heterocycles. The van der Waals surface area contributed by atoms with Gasteiger partial charge in [-0.15, -0.1) is 0 Å². The molecule has 5 heteroatoms. The van der Waals surface area contributed by atoms with Gasteiger partial charge in [-0.1, -0.05) is 0 Å². The van der Waals surface area contributed by atoms with Crippen molar-refractivity contribution in [1.82, 2.24) is 0 Å². The minimum atomic E-state index is -5.03. The Labute approximate surface area is 206 Å². The summed E-state index contributed by atoms with van der Waals surface area (Å²) < 4.78 is 11.9. The van der Waals surface area contributed by atoms with Crippen molar-refractivity contribution in [3.8, 4) is 5.75 Å². The number of non-ortho nitro benzene ring substituents is 1. The summed E-state index contributed by atoms with van der Waals surface area (Å²) >= 11 is -5.03. The van der Waals surface area contributed by atoms with E-state index in [0.717, 1.165) is 14.0 Å². The van der Waals surface area contributed by atoms with E-state index >= 15 is 0 Å². The molecule has 0 aromatic heterocycles. The van der Waals surface area contributed by atoms with E-state index in [0.29, 0.717) is 5.75 Å². The first-order valence-corrected chi connectivity index (χ1v) is 17.5. The van der Waals surface area contributed by atoms with Crippen molar-refractivity contribution in [2.24, 2.45) is 0 Å². The van der Waals surface area contributed by atoms with E-state index in [9.17, 15) is 10.1 Å². The first-order valence-electron chi connectivity index (χ1n) is 11.3. The third-order valence-electron chi connectivity index (χ3n) is 6.33. The Hall–Kier alpha value is -3.88. The van der Waals surface area contributed by atoms with Gasteiger partial charge in [0.15, 0.2) is 0 Å². The SMILES string of the molecule is O=[N+]([O-])c1ccc([O][Sb]([c]2ccccc2)([c]2ccccc2)([c]2ccccc2)[c]2ccccc2)cc1. The zero-order valence-corrected chi connectivity index (χ0v) is 21.5. The van der Waals surface area contributed by atoms with Crippen LogP contribution in [-0.2, 0) is 0 Å². The van der Waals surface area contributed by atoms with Gasteiger partial charge in [0.05, 0.1) is 0 Å². The molecule has 0 fully saturated rings. The number of nitro groups is 1. The summed E-state index contributed by atoms with van der Waals surface area (Å²) in [7, 11) is 0. The molecule has 5 aromatic rings. The molecule has 0 radical (unpaired) electrons.